The number of hydrogen-bond donors (Lipinski definition) is 1. The monoisotopic (exact) mass is 306 g/mol. The van der Waals surface area contributed by atoms with E-state index in [1.54, 1.807) is 13.8 Å². The maximum atomic E-state index is 13.6. The van der Waals surface area contributed by atoms with Crippen LogP contribution in [0.15, 0.2) is 12.1 Å². The first-order chi connectivity index (χ1) is 9.51. The number of amides is 1. The van der Waals surface area contributed by atoms with Gasteiger partial charge >= 0.3 is 6.18 Å². The number of anilines is 1. The van der Waals surface area contributed by atoms with Crippen molar-refractivity contribution in [3.8, 4) is 0 Å². The Morgan fingerprint density at radius 2 is 1.90 bits per heavy atom. The first-order valence-electron chi connectivity index (χ1n) is 6.43. The molecule has 0 aliphatic heterocycles. The summed E-state index contributed by atoms with van der Waals surface area (Å²) in [6, 6.07) is 2.11. The summed E-state index contributed by atoms with van der Waals surface area (Å²) in [6.07, 6.45) is -4.51. The molecule has 1 aromatic rings. The lowest BCUT2D eigenvalue weighted by molar-refractivity contribution is -0.141. The van der Waals surface area contributed by atoms with Gasteiger partial charge in [-0.05, 0) is 25.0 Å². The van der Waals surface area contributed by atoms with Crippen molar-refractivity contribution < 1.29 is 22.4 Å². The summed E-state index contributed by atoms with van der Waals surface area (Å²) >= 11 is 0. The fourth-order valence-electron chi connectivity index (χ4n) is 1.88. The number of carbonyl (C=O) groups excluding carboxylic acids is 1. The fourth-order valence-corrected chi connectivity index (χ4v) is 1.88. The maximum absolute atomic E-state index is 13.6. The van der Waals surface area contributed by atoms with Crippen LogP contribution in [0.1, 0.15) is 29.8 Å². The van der Waals surface area contributed by atoms with Crippen molar-refractivity contribution in [1.82, 2.24) is 4.90 Å². The standard InChI is InChI=1S/C14H18F4N2O/c1-8(2)6-20(7-14(16,17)18)13(21)10-4-11(15)9(3)12(19)5-10/h4-5,8H,6-7,19H2,1-3H3. The smallest absolute Gasteiger partial charge is 0.398 e. The first kappa shape index (κ1) is 17.3. The summed E-state index contributed by atoms with van der Waals surface area (Å²) < 4.78 is 51.3. The summed E-state index contributed by atoms with van der Waals surface area (Å²) in [5, 5.41) is 0. The Kier molecular flexibility index (Phi) is 5.20. The molecule has 0 spiro atoms. The van der Waals surface area contributed by atoms with Crippen LogP contribution < -0.4 is 5.73 Å². The molecular formula is C14H18F4N2O. The molecule has 0 bridgehead atoms. The molecule has 118 valence electrons. The van der Waals surface area contributed by atoms with Gasteiger partial charge in [0.05, 0.1) is 0 Å². The third-order valence-electron chi connectivity index (χ3n) is 2.87. The maximum Gasteiger partial charge on any atom is 0.406 e. The van der Waals surface area contributed by atoms with Crippen LogP contribution in [0.2, 0.25) is 0 Å². The van der Waals surface area contributed by atoms with Crippen molar-refractivity contribution in [2.24, 2.45) is 5.92 Å². The van der Waals surface area contributed by atoms with Crippen LogP contribution in [0, 0.1) is 18.7 Å². The van der Waals surface area contributed by atoms with Gasteiger partial charge in [0.15, 0.2) is 0 Å². The van der Waals surface area contributed by atoms with Crippen LogP contribution in [0.3, 0.4) is 0 Å². The van der Waals surface area contributed by atoms with E-state index in [0.717, 1.165) is 6.07 Å². The third kappa shape index (κ3) is 4.91. The van der Waals surface area contributed by atoms with E-state index in [1.165, 1.54) is 13.0 Å². The molecule has 0 aliphatic rings. The van der Waals surface area contributed by atoms with Gasteiger partial charge in [0.2, 0.25) is 0 Å². The molecule has 1 aromatic carbocycles. The summed E-state index contributed by atoms with van der Waals surface area (Å²) in [5.41, 5.74) is 5.58. The van der Waals surface area contributed by atoms with Gasteiger partial charge in [0.25, 0.3) is 5.91 Å². The molecule has 1 amide bonds. The normalized spacial score (nSPS) is 11.8. The van der Waals surface area contributed by atoms with Crippen LogP contribution in [0.5, 0.6) is 0 Å². The van der Waals surface area contributed by atoms with Gasteiger partial charge in [0, 0.05) is 23.4 Å². The van der Waals surface area contributed by atoms with Crippen molar-refractivity contribution in [2.75, 3.05) is 18.8 Å². The molecule has 0 fully saturated rings. The zero-order valence-corrected chi connectivity index (χ0v) is 12.1. The van der Waals surface area contributed by atoms with Crippen LogP contribution in [-0.4, -0.2) is 30.1 Å². The molecule has 2 N–H and O–H groups in total. The number of nitrogen functional groups attached to an aromatic ring is 1. The molecule has 3 nitrogen and oxygen atoms in total. The van der Waals surface area contributed by atoms with Gasteiger partial charge < -0.3 is 10.6 Å². The van der Waals surface area contributed by atoms with Crippen LogP contribution in [0.25, 0.3) is 0 Å². The molecule has 0 aliphatic carbocycles. The van der Waals surface area contributed by atoms with Crippen molar-refractivity contribution in [1.29, 1.82) is 0 Å². The van der Waals surface area contributed by atoms with Crippen molar-refractivity contribution in [2.45, 2.75) is 26.9 Å². The Labute approximate surface area is 120 Å². The van der Waals surface area contributed by atoms with E-state index in [2.05, 4.69) is 0 Å². The van der Waals surface area contributed by atoms with E-state index in [1.807, 2.05) is 0 Å². The summed E-state index contributed by atoms with van der Waals surface area (Å²) in [7, 11) is 0. The van der Waals surface area contributed by atoms with Gasteiger partial charge in [-0.15, -0.1) is 0 Å². The number of nitrogens with two attached hydrogens (primary N) is 1. The minimum Gasteiger partial charge on any atom is -0.398 e. The summed E-state index contributed by atoms with van der Waals surface area (Å²) in [6.45, 7) is 3.37. The minimum atomic E-state index is -4.51. The topological polar surface area (TPSA) is 46.3 Å². The highest BCUT2D eigenvalue weighted by Gasteiger charge is 2.33. The second-order valence-electron chi connectivity index (χ2n) is 5.37. The molecule has 0 saturated heterocycles. The van der Waals surface area contributed by atoms with E-state index in [0.29, 0.717) is 4.90 Å². The van der Waals surface area contributed by atoms with Gasteiger partial charge in [-0.1, -0.05) is 13.8 Å². The summed E-state index contributed by atoms with van der Waals surface area (Å²) in [4.78, 5) is 12.8. The minimum absolute atomic E-state index is 0.0369. The lowest BCUT2D eigenvalue weighted by atomic mass is 10.1. The van der Waals surface area contributed by atoms with E-state index < -0.39 is 24.4 Å². The SMILES string of the molecule is Cc1c(N)cc(C(=O)N(CC(C)C)CC(F)(F)F)cc1F. The van der Waals surface area contributed by atoms with Crippen molar-refractivity contribution in [3.63, 3.8) is 0 Å². The second kappa shape index (κ2) is 6.32. The first-order valence-corrected chi connectivity index (χ1v) is 6.43. The molecule has 0 heterocycles. The number of rotatable bonds is 4. The van der Waals surface area contributed by atoms with Gasteiger partial charge in [-0.2, -0.15) is 13.2 Å². The van der Waals surface area contributed by atoms with Crippen molar-refractivity contribution in [3.05, 3.63) is 29.1 Å². The van der Waals surface area contributed by atoms with E-state index in [4.69, 9.17) is 5.73 Å². The predicted molar refractivity (Wildman–Crippen MR) is 72.3 cm³/mol. The molecule has 0 radical (unpaired) electrons. The number of hydrogen-bond acceptors (Lipinski definition) is 2. The van der Waals surface area contributed by atoms with Crippen LogP contribution in [0.4, 0.5) is 23.2 Å². The highest BCUT2D eigenvalue weighted by atomic mass is 19.4. The second-order valence-corrected chi connectivity index (χ2v) is 5.37. The Balaban J connectivity index is 3.10. The molecule has 0 unspecified atom stereocenters. The number of benzene rings is 1. The number of alkyl halides is 3. The lowest BCUT2D eigenvalue weighted by Crippen LogP contribution is -2.41. The molecule has 0 saturated carbocycles. The van der Waals surface area contributed by atoms with Gasteiger partial charge in [-0.25, -0.2) is 4.39 Å². The Morgan fingerprint density at radius 3 is 2.33 bits per heavy atom. The molecule has 0 aromatic heterocycles. The van der Waals surface area contributed by atoms with E-state index >= 15 is 0 Å². The highest BCUT2D eigenvalue weighted by molar-refractivity contribution is 5.95. The Morgan fingerprint density at radius 1 is 1.33 bits per heavy atom. The number of halogens is 4. The molecule has 7 heteroatoms. The van der Waals surface area contributed by atoms with Gasteiger partial charge in [-0.3, -0.25) is 4.79 Å². The fraction of sp³-hybridized carbons (Fsp3) is 0.500. The van der Waals surface area contributed by atoms with Crippen LogP contribution >= 0.6 is 0 Å². The third-order valence-corrected chi connectivity index (χ3v) is 2.87. The number of carbonyl (C=O) groups is 1. The molecule has 1 rings (SSSR count). The summed E-state index contributed by atoms with van der Waals surface area (Å²) in [5.74, 6) is -1.74. The average Bonchev–Trinajstić information content (AvgIpc) is 2.31. The molecule has 0 atom stereocenters. The number of nitrogens with zero attached hydrogens (tertiary/aromatic N) is 1. The zero-order chi connectivity index (χ0) is 16.4. The quantitative estimate of drug-likeness (QED) is 0.685. The predicted octanol–water partition coefficient (Wildman–Crippen LogP) is 3.38. The zero-order valence-electron chi connectivity index (χ0n) is 12.1. The molecule has 21 heavy (non-hydrogen) atoms. The average molecular weight is 306 g/mol. The van der Waals surface area contributed by atoms with Crippen LogP contribution in [-0.2, 0) is 0 Å². The van der Waals surface area contributed by atoms with Gasteiger partial charge in [0.1, 0.15) is 12.4 Å². The molecular weight excluding hydrogens is 288 g/mol. The van der Waals surface area contributed by atoms with E-state index in [9.17, 15) is 22.4 Å². The lowest BCUT2D eigenvalue weighted by Gasteiger charge is -2.26. The Bertz CT molecular complexity index is 503. The Hall–Kier alpha value is -1.79. The largest absolute Gasteiger partial charge is 0.406 e. The highest BCUT2D eigenvalue weighted by Crippen LogP contribution is 2.22. The van der Waals surface area contributed by atoms with Crippen molar-refractivity contribution >= 4 is 11.6 Å². The van der Waals surface area contributed by atoms with E-state index in [-0.39, 0.29) is 29.3 Å².